The molecule has 0 spiro atoms. The highest BCUT2D eigenvalue weighted by Gasteiger charge is 2.41. The van der Waals surface area contributed by atoms with Crippen LogP contribution >= 0.6 is 0 Å². The number of likely N-dealkylation sites (tertiary alicyclic amines) is 1. The first-order valence-electron chi connectivity index (χ1n) is 6.23. The van der Waals surface area contributed by atoms with Gasteiger partial charge in [0.2, 0.25) is 0 Å². The zero-order valence-electron chi connectivity index (χ0n) is 11.1. The molecule has 1 fully saturated rings. The Labute approximate surface area is 103 Å². The third kappa shape index (κ3) is 3.66. The molecule has 0 aromatic carbocycles. The van der Waals surface area contributed by atoms with Gasteiger partial charge in [-0.25, -0.2) is 0 Å². The fourth-order valence-electron chi connectivity index (χ4n) is 2.29. The highest BCUT2D eigenvalue weighted by Crippen LogP contribution is 2.23. The molecule has 0 unspecified atom stereocenters. The molecule has 0 aliphatic carbocycles. The summed E-state index contributed by atoms with van der Waals surface area (Å²) in [5, 5.41) is 3.31. The normalized spacial score (nSPS) is 20.2. The van der Waals surface area contributed by atoms with Crippen molar-refractivity contribution < 1.29 is 14.3 Å². The van der Waals surface area contributed by atoms with Crippen LogP contribution in [0.1, 0.15) is 19.8 Å². The summed E-state index contributed by atoms with van der Waals surface area (Å²) in [7, 11) is 3.11. The average Bonchev–Trinajstić information content (AvgIpc) is 2.39. The highest BCUT2D eigenvalue weighted by molar-refractivity contribution is 5.81. The van der Waals surface area contributed by atoms with Gasteiger partial charge in [0.25, 0.3) is 0 Å². The van der Waals surface area contributed by atoms with Crippen molar-refractivity contribution in [2.45, 2.75) is 25.3 Å². The van der Waals surface area contributed by atoms with E-state index in [2.05, 4.69) is 17.1 Å². The quantitative estimate of drug-likeness (QED) is 0.536. The summed E-state index contributed by atoms with van der Waals surface area (Å²) in [5.74, 6) is -0.149. The second-order valence-electron chi connectivity index (χ2n) is 4.43. The van der Waals surface area contributed by atoms with Crippen molar-refractivity contribution in [2.75, 3.05) is 47.0 Å². The molecule has 0 radical (unpaired) electrons. The van der Waals surface area contributed by atoms with Gasteiger partial charge in [-0.2, -0.15) is 0 Å². The summed E-state index contributed by atoms with van der Waals surface area (Å²) in [6, 6.07) is 0. The number of piperidine rings is 1. The molecule has 1 aliphatic heterocycles. The largest absolute Gasteiger partial charge is 0.468 e. The molecule has 100 valence electrons. The summed E-state index contributed by atoms with van der Waals surface area (Å²) in [6.07, 6.45) is 1.61. The second-order valence-corrected chi connectivity index (χ2v) is 4.43. The lowest BCUT2D eigenvalue weighted by Gasteiger charge is -2.39. The predicted molar refractivity (Wildman–Crippen MR) is 66.0 cm³/mol. The van der Waals surface area contributed by atoms with E-state index in [-0.39, 0.29) is 5.97 Å². The van der Waals surface area contributed by atoms with Gasteiger partial charge in [0.1, 0.15) is 5.54 Å². The maximum Gasteiger partial charge on any atom is 0.326 e. The van der Waals surface area contributed by atoms with E-state index in [1.165, 1.54) is 7.11 Å². The predicted octanol–water partition coefficient (Wildman–Crippen LogP) is 0.250. The first-order chi connectivity index (χ1) is 8.18. The molecule has 0 bridgehead atoms. The first-order valence-corrected chi connectivity index (χ1v) is 6.23. The van der Waals surface area contributed by atoms with Crippen molar-refractivity contribution in [3.8, 4) is 0 Å². The average molecular weight is 244 g/mol. The number of hydrogen-bond acceptors (Lipinski definition) is 5. The van der Waals surface area contributed by atoms with Crippen molar-refractivity contribution in [3.05, 3.63) is 0 Å². The molecule has 0 amide bonds. The topological polar surface area (TPSA) is 50.8 Å². The van der Waals surface area contributed by atoms with Crippen LogP contribution in [0.5, 0.6) is 0 Å². The van der Waals surface area contributed by atoms with Gasteiger partial charge in [0.05, 0.1) is 13.7 Å². The first kappa shape index (κ1) is 14.4. The fourth-order valence-corrected chi connectivity index (χ4v) is 2.29. The van der Waals surface area contributed by atoms with Gasteiger partial charge in [-0.05, 0) is 19.4 Å². The van der Waals surface area contributed by atoms with Crippen LogP contribution in [-0.2, 0) is 14.3 Å². The molecular formula is C12H24N2O3. The van der Waals surface area contributed by atoms with Crippen molar-refractivity contribution >= 4 is 5.97 Å². The maximum absolute atomic E-state index is 11.9. The van der Waals surface area contributed by atoms with E-state index in [1.807, 2.05) is 0 Å². The summed E-state index contributed by atoms with van der Waals surface area (Å²) in [4.78, 5) is 14.3. The molecule has 0 atom stereocenters. The van der Waals surface area contributed by atoms with Crippen LogP contribution in [0.2, 0.25) is 0 Å². The molecular weight excluding hydrogens is 220 g/mol. The highest BCUT2D eigenvalue weighted by atomic mass is 16.5. The number of ether oxygens (including phenoxy) is 2. The minimum atomic E-state index is -0.515. The Bertz CT molecular complexity index is 232. The summed E-state index contributed by atoms with van der Waals surface area (Å²) >= 11 is 0. The fraction of sp³-hybridized carbons (Fsp3) is 0.917. The monoisotopic (exact) mass is 244 g/mol. The smallest absolute Gasteiger partial charge is 0.326 e. The molecule has 5 heteroatoms. The Hall–Kier alpha value is -0.650. The number of esters is 1. The zero-order chi connectivity index (χ0) is 12.7. The lowest BCUT2D eigenvalue weighted by atomic mass is 9.87. The van der Waals surface area contributed by atoms with Crippen LogP contribution in [0, 0.1) is 0 Å². The number of carbonyl (C=O) groups excluding carboxylic acids is 1. The van der Waals surface area contributed by atoms with Crippen LogP contribution in [0.3, 0.4) is 0 Å². The second kappa shape index (κ2) is 6.93. The summed E-state index contributed by atoms with van der Waals surface area (Å²) in [5.41, 5.74) is -0.515. The van der Waals surface area contributed by atoms with Crippen LogP contribution in [0.4, 0.5) is 0 Å². The minimum Gasteiger partial charge on any atom is -0.468 e. The van der Waals surface area contributed by atoms with Crippen molar-refractivity contribution in [3.63, 3.8) is 0 Å². The number of carbonyl (C=O) groups is 1. The molecule has 1 N–H and O–H groups in total. The van der Waals surface area contributed by atoms with Gasteiger partial charge in [-0.1, -0.05) is 6.92 Å². The minimum absolute atomic E-state index is 0.149. The Balaban J connectivity index is 2.58. The Morgan fingerprint density at radius 3 is 2.47 bits per heavy atom. The number of rotatable bonds is 6. The van der Waals surface area contributed by atoms with Gasteiger partial charge in [0, 0.05) is 26.7 Å². The van der Waals surface area contributed by atoms with Crippen LogP contribution in [0.15, 0.2) is 0 Å². The molecule has 0 aromatic rings. The molecule has 1 rings (SSSR count). The van der Waals surface area contributed by atoms with Gasteiger partial charge < -0.3 is 14.4 Å². The number of nitrogens with zero attached hydrogens (tertiary/aromatic N) is 1. The third-order valence-electron chi connectivity index (χ3n) is 3.50. The maximum atomic E-state index is 11.9. The van der Waals surface area contributed by atoms with E-state index in [1.54, 1.807) is 7.11 Å². The van der Waals surface area contributed by atoms with Crippen LogP contribution < -0.4 is 5.32 Å². The van der Waals surface area contributed by atoms with Crippen molar-refractivity contribution in [1.82, 2.24) is 10.2 Å². The summed E-state index contributed by atoms with van der Waals surface area (Å²) < 4.78 is 9.94. The van der Waals surface area contributed by atoms with E-state index < -0.39 is 5.54 Å². The van der Waals surface area contributed by atoms with E-state index in [0.717, 1.165) is 32.5 Å². The number of methoxy groups -OCH3 is 2. The number of hydrogen-bond donors (Lipinski definition) is 1. The van der Waals surface area contributed by atoms with Crippen molar-refractivity contribution in [2.24, 2.45) is 0 Å². The third-order valence-corrected chi connectivity index (χ3v) is 3.50. The van der Waals surface area contributed by atoms with Crippen molar-refractivity contribution in [1.29, 1.82) is 0 Å². The Morgan fingerprint density at radius 1 is 1.35 bits per heavy atom. The standard InChI is InChI=1S/C12H24N2O3/c1-4-14-8-5-12(6-9-14,11(15)17-3)13-7-10-16-2/h13H,4-10H2,1-3H3. The Morgan fingerprint density at radius 2 is 2.00 bits per heavy atom. The molecule has 5 nitrogen and oxygen atoms in total. The number of nitrogens with one attached hydrogen (secondary N) is 1. The molecule has 0 saturated carbocycles. The molecule has 1 heterocycles. The van der Waals surface area contributed by atoms with E-state index in [9.17, 15) is 4.79 Å². The summed E-state index contributed by atoms with van der Waals surface area (Å²) in [6.45, 7) is 6.34. The molecule has 1 saturated heterocycles. The lowest BCUT2D eigenvalue weighted by Crippen LogP contribution is -2.59. The van der Waals surface area contributed by atoms with Crippen LogP contribution in [0.25, 0.3) is 0 Å². The van der Waals surface area contributed by atoms with E-state index in [4.69, 9.17) is 9.47 Å². The van der Waals surface area contributed by atoms with Gasteiger partial charge in [0.15, 0.2) is 0 Å². The van der Waals surface area contributed by atoms with Crippen LogP contribution in [-0.4, -0.2) is 63.4 Å². The van der Waals surface area contributed by atoms with Gasteiger partial charge >= 0.3 is 5.97 Å². The van der Waals surface area contributed by atoms with Gasteiger partial charge in [-0.3, -0.25) is 10.1 Å². The SMILES string of the molecule is CCN1CCC(NCCOC)(C(=O)OC)CC1. The molecule has 1 aliphatic rings. The zero-order valence-corrected chi connectivity index (χ0v) is 11.1. The molecule has 17 heavy (non-hydrogen) atoms. The molecule has 0 aromatic heterocycles. The van der Waals surface area contributed by atoms with Gasteiger partial charge in [-0.15, -0.1) is 0 Å². The van der Waals surface area contributed by atoms with E-state index >= 15 is 0 Å². The van der Waals surface area contributed by atoms with E-state index in [0.29, 0.717) is 13.2 Å². The lowest BCUT2D eigenvalue weighted by molar-refractivity contribution is -0.151. The Kier molecular flexibility index (Phi) is 5.88.